The number of hydrogen-bond acceptors (Lipinski definition) is 3. The van der Waals surface area contributed by atoms with E-state index >= 15 is 0 Å². The molecule has 0 amide bonds. The minimum atomic E-state index is -0.754. The third-order valence-corrected chi connectivity index (χ3v) is 5.73. The molecule has 0 N–H and O–H groups in total. The molecule has 0 bridgehead atoms. The molecular weight excluding hydrogens is 288 g/mol. The second-order valence-corrected chi connectivity index (χ2v) is 7.71. The van der Waals surface area contributed by atoms with E-state index < -0.39 is 11.7 Å². The summed E-state index contributed by atoms with van der Waals surface area (Å²) < 4.78 is 12.1. The highest BCUT2D eigenvalue weighted by molar-refractivity contribution is 5.90. The average molecular weight is 329 g/mol. The minimum absolute atomic E-state index is 0.0283. The smallest absolute Gasteiger partial charge is 0.192 e. The van der Waals surface area contributed by atoms with Crippen LogP contribution in [0.15, 0.2) is 0 Å². The van der Waals surface area contributed by atoms with Gasteiger partial charge >= 0.3 is 0 Å². The van der Waals surface area contributed by atoms with Crippen molar-refractivity contribution in [3.8, 4) is 0 Å². The monoisotopic (exact) mass is 328 g/mol. The number of rotatable bonds is 12. The minimum Gasteiger partial charge on any atom is -0.368 e. The number of unbranched alkanes of at least 4 members (excludes halogenated alkanes) is 1. The summed E-state index contributed by atoms with van der Waals surface area (Å²) in [5.41, 5.74) is -1.05. The maximum atomic E-state index is 12.9. The van der Waals surface area contributed by atoms with E-state index in [2.05, 4.69) is 34.6 Å². The maximum Gasteiger partial charge on any atom is 0.192 e. The van der Waals surface area contributed by atoms with Crippen LogP contribution < -0.4 is 0 Å². The van der Waals surface area contributed by atoms with Gasteiger partial charge in [0.15, 0.2) is 5.78 Å². The first-order chi connectivity index (χ1) is 10.5. The number of ether oxygens (including phenoxy) is 2. The van der Waals surface area contributed by atoms with Crippen LogP contribution in [0.5, 0.6) is 0 Å². The fourth-order valence-electron chi connectivity index (χ4n) is 3.14. The summed E-state index contributed by atoms with van der Waals surface area (Å²) in [6.07, 6.45) is 4.55. The van der Waals surface area contributed by atoms with Crippen LogP contribution in [0.4, 0.5) is 0 Å². The van der Waals surface area contributed by atoms with Crippen molar-refractivity contribution in [1.29, 1.82) is 0 Å². The molecule has 23 heavy (non-hydrogen) atoms. The molecule has 0 aromatic carbocycles. The van der Waals surface area contributed by atoms with Crippen LogP contribution in [0, 0.1) is 5.41 Å². The molecule has 138 valence electrons. The Morgan fingerprint density at radius 1 is 1.00 bits per heavy atom. The van der Waals surface area contributed by atoms with E-state index in [1.54, 1.807) is 0 Å². The van der Waals surface area contributed by atoms with Crippen molar-refractivity contribution in [2.45, 2.75) is 112 Å². The van der Waals surface area contributed by atoms with Gasteiger partial charge in [-0.1, -0.05) is 47.5 Å². The van der Waals surface area contributed by atoms with Crippen LogP contribution in [0.25, 0.3) is 0 Å². The Kier molecular flexibility index (Phi) is 9.01. The molecule has 0 rings (SSSR count). The lowest BCUT2D eigenvalue weighted by Gasteiger charge is -2.46. The number of carbonyl (C=O) groups is 1. The van der Waals surface area contributed by atoms with E-state index in [0.29, 0.717) is 13.0 Å². The zero-order valence-electron chi connectivity index (χ0n) is 17.0. The van der Waals surface area contributed by atoms with Gasteiger partial charge in [-0.05, 0) is 52.4 Å². The van der Waals surface area contributed by atoms with E-state index in [0.717, 1.165) is 12.8 Å². The highest BCUT2D eigenvalue weighted by Crippen LogP contribution is 2.42. The highest BCUT2D eigenvalue weighted by Gasteiger charge is 2.44. The van der Waals surface area contributed by atoms with Gasteiger partial charge in [-0.3, -0.25) is 4.79 Å². The summed E-state index contributed by atoms with van der Waals surface area (Å²) in [6, 6.07) is 0. The van der Waals surface area contributed by atoms with E-state index in [9.17, 15) is 4.79 Å². The second-order valence-electron chi connectivity index (χ2n) is 7.71. The van der Waals surface area contributed by atoms with Crippen LogP contribution in [-0.4, -0.2) is 29.7 Å². The van der Waals surface area contributed by atoms with Crippen molar-refractivity contribution in [3.63, 3.8) is 0 Å². The first-order valence-corrected chi connectivity index (χ1v) is 9.39. The largest absolute Gasteiger partial charge is 0.368 e. The molecule has 0 saturated heterocycles. The lowest BCUT2D eigenvalue weighted by molar-refractivity contribution is -0.180. The molecule has 3 nitrogen and oxygen atoms in total. The van der Waals surface area contributed by atoms with Gasteiger partial charge in [-0.25, -0.2) is 0 Å². The van der Waals surface area contributed by atoms with Crippen LogP contribution in [-0.2, 0) is 14.3 Å². The number of carbonyl (C=O) groups excluding carboxylic acids is 1. The Balaban J connectivity index is 5.20. The summed E-state index contributed by atoms with van der Waals surface area (Å²) in [7, 11) is 0. The average Bonchev–Trinajstić information content (AvgIpc) is 2.51. The van der Waals surface area contributed by atoms with Crippen molar-refractivity contribution in [3.05, 3.63) is 0 Å². The van der Waals surface area contributed by atoms with E-state index in [4.69, 9.17) is 9.47 Å². The molecule has 0 radical (unpaired) electrons. The quantitative estimate of drug-likeness (QED) is 0.471. The SMILES string of the molecule is CCCCC(C)(C)C(C)(CC)OC(C)C(=O)C(C)(CC)OCC. The number of Topliss-reactive ketones (excluding diaryl/α,β-unsaturated/α-hetero) is 1. The lowest BCUT2D eigenvalue weighted by atomic mass is 9.71. The van der Waals surface area contributed by atoms with E-state index in [-0.39, 0.29) is 16.8 Å². The molecule has 0 aromatic heterocycles. The van der Waals surface area contributed by atoms with Crippen LogP contribution in [0.2, 0.25) is 0 Å². The van der Waals surface area contributed by atoms with Gasteiger partial charge < -0.3 is 9.47 Å². The Morgan fingerprint density at radius 3 is 1.96 bits per heavy atom. The van der Waals surface area contributed by atoms with E-state index in [1.165, 1.54) is 12.8 Å². The summed E-state index contributed by atoms with van der Waals surface area (Å²) >= 11 is 0. The van der Waals surface area contributed by atoms with Gasteiger partial charge in [0.2, 0.25) is 0 Å². The van der Waals surface area contributed by atoms with Gasteiger partial charge in [0.05, 0.1) is 5.60 Å². The Labute approximate surface area is 144 Å². The Bertz CT molecular complexity index is 364. The second kappa shape index (κ2) is 9.17. The summed E-state index contributed by atoms with van der Waals surface area (Å²) in [6.45, 7) is 19.2. The fourth-order valence-corrected chi connectivity index (χ4v) is 3.14. The van der Waals surface area contributed by atoms with Crippen LogP contribution in [0.3, 0.4) is 0 Å². The third kappa shape index (κ3) is 5.56. The number of ketones is 1. The first kappa shape index (κ1) is 22.6. The summed E-state index contributed by atoms with van der Waals surface area (Å²) in [5, 5.41) is 0. The summed E-state index contributed by atoms with van der Waals surface area (Å²) in [4.78, 5) is 12.9. The first-order valence-electron chi connectivity index (χ1n) is 9.39. The predicted octanol–water partition coefficient (Wildman–Crippen LogP) is 5.55. The molecule has 0 fully saturated rings. The van der Waals surface area contributed by atoms with Crippen LogP contribution >= 0.6 is 0 Å². The molecule has 0 aliphatic carbocycles. The molecule has 0 aromatic rings. The molecule has 3 heteroatoms. The van der Waals surface area contributed by atoms with Gasteiger partial charge in [-0.15, -0.1) is 0 Å². The van der Waals surface area contributed by atoms with Crippen molar-refractivity contribution in [2.75, 3.05) is 6.61 Å². The Morgan fingerprint density at radius 2 is 1.57 bits per heavy atom. The predicted molar refractivity (Wildman–Crippen MR) is 97.9 cm³/mol. The van der Waals surface area contributed by atoms with Gasteiger partial charge in [0.25, 0.3) is 0 Å². The third-order valence-electron chi connectivity index (χ3n) is 5.73. The molecule has 0 heterocycles. The normalized spacial score (nSPS) is 19.0. The van der Waals surface area contributed by atoms with Gasteiger partial charge in [-0.2, -0.15) is 0 Å². The molecule has 0 aliphatic rings. The zero-order valence-corrected chi connectivity index (χ0v) is 17.0. The molecule has 3 atom stereocenters. The topological polar surface area (TPSA) is 35.5 Å². The highest BCUT2D eigenvalue weighted by atomic mass is 16.5. The van der Waals surface area contributed by atoms with Crippen molar-refractivity contribution < 1.29 is 14.3 Å². The summed E-state index contributed by atoms with van der Waals surface area (Å²) in [5.74, 6) is 0.0489. The molecular formula is C20H40O3. The van der Waals surface area contributed by atoms with E-state index in [1.807, 2.05) is 27.7 Å². The Hall–Kier alpha value is -0.410. The van der Waals surface area contributed by atoms with Crippen LogP contribution in [0.1, 0.15) is 94.4 Å². The fraction of sp³-hybridized carbons (Fsp3) is 0.950. The zero-order chi connectivity index (χ0) is 18.3. The van der Waals surface area contributed by atoms with Crippen molar-refractivity contribution in [2.24, 2.45) is 5.41 Å². The van der Waals surface area contributed by atoms with Gasteiger partial charge in [0, 0.05) is 6.61 Å². The maximum absolute atomic E-state index is 12.9. The number of hydrogen-bond donors (Lipinski definition) is 0. The molecule has 3 unspecified atom stereocenters. The molecule has 0 saturated carbocycles. The molecule has 0 aliphatic heterocycles. The van der Waals surface area contributed by atoms with Crippen molar-refractivity contribution in [1.82, 2.24) is 0 Å². The standard InChI is InChI=1S/C20H40O3/c1-10-14-15-18(6,7)20(9,12-3)23-16(5)17(21)19(8,11-2)22-13-4/h16H,10-15H2,1-9H3. The van der Waals surface area contributed by atoms with Gasteiger partial charge in [0.1, 0.15) is 11.7 Å². The van der Waals surface area contributed by atoms with Crippen molar-refractivity contribution >= 4 is 5.78 Å². The lowest BCUT2D eigenvalue weighted by Crippen LogP contribution is -2.51. The molecule has 0 spiro atoms.